The molecule has 0 bridgehead atoms. The van der Waals surface area contributed by atoms with Crippen LogP contribution in [0.2, 0.25) is 0 Å². The lowest BCUT2D eigenvalue weighted by molar-refractivity contribution is 0.103. The molecule has 0 atom stereocenters. The van der Waals surface area contributed by atoms with Gasteiger partial charge in [0.1, 0.15) is 11.6 Å². The number of allylic oxidation sites excluding steroid dienone is 1. The molecule has 0 aromatic carbocycles. The van der Waals surface area contributed by atoms with E-state index in [1.807, 2.05) is 6.07 Å². The van der Waals surface area contributed by atoms with Crippen LogP contribution in [0.15, 0.2) is 48.4 Å². The van der Waals surface area contributed by atoms with E-state index in [2.05, 4.69) is 4.98 Å². The van der Waals surface area contributed by atoms with Crippen molar-refractivity contribution in [2.45, 2.75) is 0 Å². The Balaban J connectivity index is 2.37. The summed E-state index contributed by atoms with van der Waals surface area (Å²) in [5.41, 5.74) is 1.33. The minimum absolute atomic E-state index is 0.102. The predicted octanol–water partition coefficient (Wildman–Crippen LogP) is 2.21. The highest BCUT2D eigenvalue weighted by Gasteiger charge is 2.14. The summed E-state index contributed by atoms with van der Waals surface area (Å²) >= 11 is 0. The van der Waals surface area contributed by atoms with Crippen molar-refractivity contribution < 1.29 is 4.79 Å². The highest BCUT2D eigenvalue weighted by molar-refractivity contribution is 6.13. The fraction of sp³-hybridized carbons (Fsp3) is 0.0714. The molecule has 0 aliphatic carbocycles. The Labute approximate surface area is 105 Å². The second-order valence-electron chi connectivity index (χ2n) is 3.79. The van der Waals surface area contributed by atoms with Gasteiger partial charge in [-0.15, -0.1) is 0 Å². The van der Waals surface area contributed by atoms with E-state index in [0.29, 0.717) is 5.69 Å². The van der Waals surface area contributed by atoms with Crippen LogP contribution in [0, 0.1) is 11.3 Å². The number of hydrogen-bond donors (Lipinski definition) is 0. The Morgan fingerprint density at radius 1 is 1.44 bits per heavy atom. The van der Waals surface area contributed by atoms with Crippen molar-refractivity contribution in [2.75, 3.05) is 0 Å². The van der Waals surface area contributed by atoms with E-state index >= 15 is 0 Å². The van der Waals surface area contributed by atoms with Gasteiger partial charge in [-0.1, -0.05) is 6.07 Å². The molecule has 0 aliphatic heterocycles. The van der Waals surface area contributed by atoms with Gasteiger partial charge >= 0.3 is 0 Å². The molecule has 0 amide bonds. The second-order valence-corrected chi connectivity index (χ2v) is 3.79. The number of aromatic nitrogens is 2. The molecule has 2 rings (SSSR count). The van der Waals surface area contributed by atoms with E-state index < -0.39 is 0 Å². The Morgan fingerprint density at radius 2 is 2.28 bits per heavy atom. The first kappa shape index (κ1) is 11.8. The van der Waals surface area contributed by atoms with Crippen molar-refractivity contribution in [1.29, 1.82) is 5.26 Å². The molecular formula is C14H11N3O. The van der Waals surface area contributed by atoms with Gasteiger partial charge in [-0.2, -0.15) is 5.26 Å². The van der Waals surface area contributed by atoms with Gasteiger partial charge in [0, 0.05) is 25.6 Å². The summed E-state index contributed by atoms with van der Waals surface area (Å²) in [6.07, 6.45) is 6.56. The topological polar surface area (TPSA) is 58.7 Å². The van der Waals surface area contributed by atoms with Gasteiger partial charge in [-0.25, -0.2) is 0 Å². The molecule has 2 aromatic heterocycles. The van der Waals surface area contributed by atoms with E-state index in [-0.39, 0.29) is 11.4 Å². The molecule has 0 fully saturated rings. The number of pyridine rings is 1. The number of aryl methyl sites for hydroxylation is 1. The van der Waals surface area contributed by atoms with Gasteiger partial charge < -0.3 is 4.57 Å². The average Bonchev–Trinajstić information content (AvgIpc) is 2.82. The maximum absolute atomic E-state index is 12.1. The number of carbonyl (C=O) groups excluding carboxylic acids is 1. The molecule has 88 valence electrons. The molecule has 18 heavy (non-hydrogen) atoms. The van der Waals surface area contributed by atoms with Gasteiger partial charge in [0.05, 0.1) is 5.69 Å². The van der Waals surface area contributed by atoms with Crippen molar-refractivity contribution in [1.82, 2.24) is 9.55 Å². The molecule has 4 heteroatoms. The summed E-state index contributed by atoms with van der Waals surface area (Å²) < 4.78 is 1.69. The summed E-state index contributed by atoms with van der Waals surface area (Å²) in [6, 6.07) is 8.95. The van der Waals surface area contributed by atoms with Crippen LogP contribution >= 0.6 is 0 Å². The summed E-state index contributed by atoms with van der Waals surface area (Å²) in [5, 5.41) is 9.08. The van der Waals surface area contributed by atoms with Gasteiger partial charge in [-0.3, -0.25) is 9.78 Å². The molecule has 4 nitrogen and oxygen atoms in total. The van der Waals surface area contributed by atoms with E-state index in [0.717, 1.165) is 5.56 Å². The van der Waals surface area contributed by atoms with Crippen molar-refractivity contribution in [2.24, 2.45) is 7.05 Å². The van der Waals surface area contributed by atoms with Gasteiger partial charge in [0.2, 0.25) is 5.78 Å². The number of rotatable bonds is 3. The Morgan fingerprint density at radius 3 is 2.83 bits per heavy atom. The van der Waals surface area contributed by atoms with Crippen LogP contribution in [-0.4, -0.2) is 15.3 Å². The Bertz CT molecular complexity index is 633. The maximum atomic E-state index is 12.1. The number of hydrogen-bond acceptors (Lipinski definition) is 3. The Kier molecular flexibility index (Phi) is 3.35. The third-order valence-electron chi connectivity index (χ3n) is 2.54. The zero-order valence-electron chi connectivity index (χ0n) is 9.87. The monoisotopic (exact) mass is 237 g/mol. The number of nitrogens with zero attached hydrogens (tertiary/aromatic N) is 3. The lowest BCUT2D eigenvalue weighted by atomic mass is 10.1. The van der Waals surface area contributed by atoms with Gasteiger partial charge in [-0.05, 0) is 29.8 Å². The van der Waals surface area contributed by atoms with Crippen molar-refractivity contribution >= 4 is 11.9 Å². The molecule has 0 radical (unpaired) electrons. The average molecular weight is 237 g/mol. The normalized spacial score (nSPS) is 11.0. The zero-order valence-corrected chi connectivity index (χ0v) is 9.87. The minimum atomic E-state index is -0.283. The highest BCUT2D eigenvalue weighted by atomic mass is 16.1. The second kappa shape index (κ2) is 5.11. The van der Waals surface area contributed by atoms with Crippen LogP contribution < -0.4 is 0 Å². The molecular weight excluding hydrogens is 226 g/mol. The van der Waals surface area contributed by atoms with E-state index in [1.54, 1.807) is 60.5 Å². The molecule has 0 saturated heterocycles. The molecule has 0 aliphatic rings. The largest absolute Gasteiger partial charge is 0.348 e. The number of ketones is 1. The summed E-state index contributed by atoms with van der Waals surface area (Å²) in [6.45, 7) is 0. The fourth-order valence-corrected chi connectivity index (χ4v) is 1.61. The van der Waals surface area contributed by atoms with Gasteiger partial charge in [0.15, 0.2) is 0 Å². The fourth-order valence-electron chi connectivity index (χ4n) is 1.61. The van der Waals surface area contributed by atoms with Crippen LogP contribution in [0.5, 0.6) is 0 Å². The van der Waals surface area contributed by atoms with E-state index in [9.17, 15) is 4.79 Å². The zero-order chi connectivity index (χ0) is 13.0. The van der Waals surface area contributed by atoms with E-state index in [4.69, 9.17) is 5.26 Å². The van der Waals surface area contributed by atoms with Crippen LogP contribution in [0.25, 0.3) is 6.08 Å². The first-order chi connectivity index (χ1) is 8.72. The quantitative estimate of drug-likeness (QED) is 0.467. The third kappa shape index (κ3) is 2.36. The SMILES string of the molecule is Cn1cccc1C(=O)/C(C#N)=C/c1cccnc1. The lowest BCUT2D eigenvalue weighted by Gasteiger charge is -2.01. The standard InChI is InChI=1S/C14H11N3O/c1-17-7-3-5-13(17)14(18)12(9-15)8-11-4-2-6-16-10-11/h2-8,10H,1H3/b12-8+. The molecule has 2 aromatic rings. The molecule has 0 unspecified atom stereocenters. The highest BCUT2D eigenvalue weighted by Crippen LogP contribution is 2.11. The van der Waals surface area contributed by atoms with Crippen LogP contribution in [0.4, 0.5) is 0 Å². The molecule has 0 spiro atoms. The van der Waals surface area contributed by atoms with Crippen molar-refractivity contribution in [3.8, 4) is 6.07 Å². The van der Waals surface area contributed by atoms with Gasteiger partial charge in [0.25, 0.3) is 0 Å². The van der Waals surface area contributed by atoms with Crippen molar-refractivity contribution in [3.05, 3.63) is 59.7 Å². The van der Waals surface area contributed by atoms with E-state index in [1.165, 1.54) is 0 Å². The number of Topliss-reactive ketones (excluding diaryl/α,β-unsaturated/α-hetero) is 1. The summed E-state index contributed by atoms with van der Waals surface area (Å²) in [5.74, 6) is -0.283. The first-order valence-corrected chi connectivity index (χ1v) is 5.40. The third-order valence-corrected chi connectivity index (χ3v) is 2.54. The first-order valence-electron chi connectivity index (χ1n) is 5.40. The summed E-state index contributed by atoms with van der Waals surface area (Å²) in [4.78, 5) is 16.1. The van der Waals surface area contributed by atoms with Crippen molar-refractivity contribution in [3.63, 3.8) is 0 Å². The number of carbonyl (C=O) groups is 1. The van der Waals surface area contributed by atoms with Crippen LogP contribution in [0.1, 0.15) is 16.1 Å². The minimum Gasteiger partial charge on any atom is -0.348 e. The van der Waals surface area contributed by atoms with Crippen LogP contribution in [0.3, 0.4) is 0 Å². The molecule has 0 N–H and O–H groups in total. The summed E-state index contributed by atoms with van der Waals surface area (Å²) in [7, 11) is 1.77. The maximum Gasteiger partial charge on any atom is 0.219 e. The lowest BCUT2D eigenvalue weighted by Crippen LogP contribution is -2.07. The number of nitriles is 1. The molecule has 2 heterocycles. The molecule has 0 saturated carbocycles. The predicted molar refractivity (Wildman–Crippen MR) is 67.6 cm³/mol. The Hall–Kier alpha value is -2.67. The smallest absolute Gasteiger partial charge is 0.219 e. The van der Waals surface area contributed by atoms with Crippen LogP contribution in [-0.2, 0) is 7.05 Å².